The molecule has 0 saturated carbocycles. The van der Waals surface area contributed by atoms with Gasteiger partial charge in [-0.25, -0.2) is 0 Å². The predicted octanol–water partition coefficient (Wildman–Crippen LogP) is 2.73. The lowest BCUT2D eigenvalue weighted by Gasteiger charge is -2.03. The summed E-state index contributed by atoms with van der Waals surface area (Å²) in [7, 11) is 1.65. The zero-order chi connectivity index (χ0) is 12.0. The summed E-state index contributed by atoms with van der Waals surface area (Å²) in [6, 6.07) is 7.90. The van der Waals surface area contributed by atoms with Crippen molar-refractivity contribution in [3.05, 3.63) is 35.9 Å². The first-order chi connectivity index (χ1) is 7.63. The molecule has 0 atom stereocenters. The van der Waals surface area contributed by atoms with Gasteiger partial charge in [0.1, 0.15) is 5.75 Å². The van der Waals surface area contributed by atoms with Crippen molar-refractivity contribution in [2.75, 3.05) is 12.9 Å². The molecule has 0 fully saturated rings. The summed E-state index contributed by atoms with van der Waals surface area (Å²) in [6.45, 7) is 2.04. The molecular weight excluding hydrogens is 220 g/mol. The summed E-state index contributed by atoms with van der Waals surface area (Å²) < 4.78 is 5.09. The Morgan fingerprint density at radius 3 is 2.56 bits per heavy atom. The van der Waals surface area contributed by atoms with Gasteiger partial charge in [-0.3, -0.25) is 5.41 Å². The van der Waals surface area contributed by atoms with Crippen LogP contribution in [0, 0.1) is 5.41 Å². The zero-order valence-corrected chi connectivity index (χ0v) is 10.3. The molecule has 0 aliphatic rings. The number of hydrogen-bond donors (Lipinski definition) is 2. The van der Waals surface area contributed by atoms with E-state index in [1.54, 1.807) is 7.11 Å². The third kappa shape index (κ3) is 3.98. The highest BCUT2D eigenvalue weighted by atomic mass is 32.2. The maximum Gasteiger partial charge on any atom is 0.151 e. The van der Waals surface area contributed by atoms with Gasteiger partial charge in [-0.05, 0) is 30.2 Å². The van der Waals surface area contributed by atoms with E-state index in [0.29, 0.717) is 0 Å². The third-order valence-electron chi connectivity index (χ3n) is 2.17. The minimum atomic E-state index is 0.152. The van der Waals surface area contributed by atoms with E-state index < -0.39 is 0 Å². The Morgan fingerprint density at radius 1 is 1.44 bits per heavy atom. The van der Waals surface area contributed by atoms with E-state index in [-0.39, 0.29) is 5.17 Å². The van der Waals surface area contributed by atoms with Gasteiger partial charge < -0.3 is 10.5 Å². The molecule has 0 amide bonds. The Kier molecular flexibility index (Phi) is 4.92. The Hall–Kier alpha value is -1.42. The molecule has 1 rings (SSSR count). The number of ether oxygens (including phenoxy) is 1. The number of rotatable bonds is 4. The summed E-state index contributed by atoms with van der Waals surface area (Å²) in [6.07, 6.45) is 2.06. The highest BCUT2D eigenvalue weighted by molar-refractivity contribution is 8.13. The van der Waals surface area contributed by atoms with Crippen LogP contribution in [0.2, 0.25) is 0 Å². The summed E-state index contributed by atoms with van der Waals surface area (Å²) in [5.74, 6) is 1.59. The molecule has 0 saturated heterocycles. The van der Waals surface area contributed by atoms with Crippen LogP contribution in [0.5, 0.6) is 5.75 Å². The number of nitrogens with one attached hydrogen (secondary N) is 1. The number of allylic oxidation sites excluding steroid dienone is 1. The van der Waals surface area contributed by atoms with Gasteiger partial charge in [0.25, 0.3) is 0 Å². The van der Waals surface area contributed by atoms with E-state index in [1.807, 2.05) is 31.2 Å². The molecule has 1 aromatic carbocycles. The van der Waals surface area contributed by atoms with Gasteiger partial charge in [0.05, 0.1) is 7.11 Å². The van der Waals surface area contributed by atoms with E-state index in [9.17, 15) is 0 Å². The standard InChI is InChI=1S/C12H16N2OS/c1-9(7-8-16-12(13)14)10-3-5-11(15-2)6-4-10/h3-7H,8H2,1-2H3,(H3,13,14)/b9-7+. The lowest BCUT2D eigenvalue weighted by Crippen LogP contribution is -2.03. The molecular formula is C12H16N2OS. The summed E-state index contributed by atoms with van der Waals surface area (Å²) in [4.78, 5) is 0. The smallest absolute Gasteiger partial charge is 0.151 e. The van der Waals surface area contributed by atoms with Crippen LogP contribution in [-0.4, -0.2) is 18.0 Å². The number of benzene rings is 1. The largest absolute Gasteiger partial charge is 0.497 e. The van der Waals surface area contributed by atoms with Crippen molar-refractivity contribution in [3.8, 4) is 5.75 Å². The molecule has 16 heavy (non-hydrogen) atoms. The maximum absolute atomic E-state index is 7.09. The minimum Gasteiger partial charge on any atom is -0.497 e. The van der Waals surface area contributed by atoms with Crippen LogP contribution in [0.1, 0.15) is 12.5 Å². The van der Waals surface area contributed by atoms with E-state index in [4.69, 9.17) is 15.9 Å². The number of nitrogens with two attached hydrogens (primary N) is 1. The fraction of sp³-hybridized carbons (Fsp3) is 0.250. The van der Waals surface area contributed by atoms with Crippen molar-refractivity contribution in [1.29, 1.82) is 5.41 Å². The minimum absolute atomic E-state index is 0.152. The van der Waals surface area contributed by atoms with Crippen molar-refractivity contribution in [2.24, 2.45) is 5.73 Å². The maximum atomic E-state index is 7.09. The van der Waals surface area contributed by atoms with Crippen molar-refractivity contribution in [2.45, 2.75) is 6.92 Å². The first kappa shape index (κ1) is 12.6. The monoisotopic (exact) mass is 236 g/mol. The molecule has 86 valence electrons. The molecule has 3 nitrogen and oxygen atoms in total. The van der Waals surface area contributed by atoms with Crippen LogP contribution in [0.4, 0.5) is 0 Å². The number of thioether (sulfide) groups is 1. The fourth-order valence-electron chi connectivity index (χ4n) is 1.23. The molecule has 4 heteroatoms. The SMILES string of the molecule is COc1ccc(/C(C)=C/CSC(=N)N)cc1. The van der Waals surface area contributed by atoms with Crippen molar-refractivity contribution in [1.82, 2.24) is 0 Å². The first-order valence-corrected chi connectivity index (χ1v) is 5.90. The van der Waals surface area contributed by atoms with Gasteiger partial charge >= 0.3 is 0 Å². The number of hydrogen-bond acceptors (Lipinski definition) is 3. The van der Waals surface area contributed by atoms with Crippen LogP contribution < -0.4 is 10.5 Å². The number of amidine groups is 1. The van der Waals surface area contributed by atoms with E-state index in [2.05, 4.69) is 6.08 Å². The lowest BCUT2D eigenvalue weighted by molar-refractivity contribution is 0.415. The van der Waals surface area contributed by atoms with Crippen LogP contribution in [0.25, 0.3) is 5.57 Å². The van der Waals surface area contributed by atoms with Gasteiger partial charge in [0.2, 0.25) is 0 Å². The second kappa shape index (κ2) is 6.23. The average Bonchev–Trinajstić information content (AvgIpc) is 2.28. The molecule has 3 N–H and O–H groups in total. The second-order valence-corrected chi connectivity index (χ2v) is 4.35. The van der Waals surface area contributed by atoms with E-state index in [1.165, 1.54) is 17.3 Å². The number of methoxy groups -OCH3 is 1. The predicted molar refractivity (Wildman–Crippen MR) is 71.0 cm³/mol. The van der Waals surface area contributed by atoms with E-state index in [0.717, 1.165) is 17.1 Å². The first-order valence-electron chi connectivity index (χ1n) is 4.91. The Morgan fingerprint density at radius 2 is 2.06 bits per heavy atom. The molecule has 0 aliphatic heterocycles. The van der Waals surface area contributed by atoms with Crippen LogP contribution in [0.3, 0.4) is 0 Å². The summed E-state index contributed by atoms with van der Waals surface area (Å²) >= 11 is 1.32. The van der Waals surface area contributed by atoms with Gasteiger partial charge in [-0.15, -0.1) is 0 Å². The van der Waals surface area contributed by atoms with Crippen LogP contribution in [-0.2, 0) is 0 Å². The molecule has 0 unspecified atom stereocenters. The second-order valence-electron chi connectivity index (χ2n) is 3.29. The zero-order valence-electron chi connectivity index (χ0n) is 9.49. The van der Waals surface area contributed by atoms with Gasteiger partial charge in [-0.2, -0.15) is 0 Å². The van der Waals surface area contributed by atoms with Crippen molar-refractivity contribution in [3.63, 3.8) is 0 Å². The molecule has 0 aliphatic carbocycles. The van der Waals surface area contributed by atoms with Crippen molar-refractivity contribution >= 4 is 22.5 Å². The molecule has 1 aromatic rings. The van der Waals surface area contributed by atoms with Crippen molar-refractivity contribution < 1.29 is 4.74 Å². The van der Waals surface area contributed by atoms with E-state index >= 15 is 0 Å². The highest BCUT2D eigenvalue weighted by Crippen LogP contribution is 2.18. The normalized spacial score (nSPS) is 11.2. The summed E-state index contributed by atoms with van der Waals surface area (Å²) in [5, 5.41) is 7.24. The Balaban J connectivity index is 2.64. The Labute approximate surface area is 100 Å². The van der Waals surface area contributed by atoms with Gasteiger partial charge in [0.15, 0.2) is 5.17 Å². The molecule has 0 radical (unpaired) electrons. The van der Waals surface area contributed by atoms with Gasteiger partial charge in [-0.1, -0.05) is 30.0 Å². The molecule has 0 aromatic heterocycles. The molecule has 0 spiro atoms. The van der Waals surface area contributed by atoms with Crippen LogP contribution >= 0.6 is 11.8 Å². The Bertz CT molecular complexity index is 385. The quantitative estimate of drug-likeness (QED) is 0.624. The molecule has 0 bridgehead atoms. The highest BCUT2D eigenvalue weighted by Gasteiger charge is 1.96. The lowest BCUT2D eigenvalue weighted by atomic mass is 10.1. The summed E-state index contributed by atoms with van der Waals surface area (Å²) in [5.41, 5.74) is 7.59. The topological polar surface area (TPSA) is 59.1 Å². The molecule has 0 heterocycles. The fourth-order valence-corrected chi connectivity index (χ4v) is 1.74. The third-order valence-corrected chi connectivity index (χ3v) is 2.82. The van der Waals surface area contributed by atoms with Crippen LogP contribution in [0.15, 0.2) is 30.3 Å². The van der Waals surface area contributed by atoms with Gasteiger partial charge in [0, 0.05) is 5.75 Å². The average molecular weight is 236 g/mol.